The van der Waals surface area contributed by atoms with Crippen molar-refractivity contribution in [2.75, 3.05) is 0 Å². The predicted molar refractivity (Wildman–Crippen MR) is 19.3 cm³/mol. The molecule has 0 aromatic heterocycles. The average Bonchev–Trinajstić information content (AvgIpc) is 0. The molecule has 0 saturated heterocycles. The van der Waals surface area contributed by atoms with Crippen LogP contribution in [-0.2, 0) is 33.6 Å². The zero-order valence-electron chi connectivity index (χ0n) is 4.40. The molecule has 0 saturated carbocycles. The summed E-state index contributed by atoms with van der Waals surface area (Å²) in [4.78, 5) is 0. The van der Waals surface area contributed by atoms with E-state index in [2.05, 4.69) is 0 Å². The fourth-order valence-electron chi connectivity index (χ4n) is 0. The van der Waals surface area contributed by atoms with E-state index in [1.54, 1.807) is 0 Å². The second kappa shape index (κ2) is 550. The van der Waals surface area contributed by atoms with Gasteiger partial charge in [0.15, 0.2) is 0 Å². The Hall–Kier alpha value is 1.27. The molecule has 0 unspecified atom stereocenters. The fourth-order valence-corrected chi connectivity index (χ4v) is 0. The van der Waals surface area contributed by atoms with Gasteiger partial charge in [0.05, 0.1) is 0 Å². The number of hydrogen-bond donors (Lipinski definition) is 0. The normalized spacial score (nSPS) is 0. The maximum atomic E-state index is 0. The van der Waals surface area contributed by atoms with Crippen LogP contribution in [-0.4, -0.2) is 55.7 Å². The van der Waals surface area contributed by atoms with Crippen LogP contribution in [0, 0.1) is 0 Å². The van der Waals surface area contributed by atoms with Crippen LogP contribution < -0.4 is 0 Å². The minimum atomic E-state index is 0. The summed E-state index contributed by atoms with van der Waals surface area (Å²) in [5, 5.41) is 0. The van der Waals surface area contributed by atoms with Gasteiger partial charge in [0.2, 0.25) is 0 Å². The van der Waals surface area contributed by atoms with Crippen LogP contribution >= 0.6 is 0 Å². The number of rotatable bonds is 0. The molecule has 0 aliphatic carbocycles. The molecule has 0 aromatic rings. The Morgan fingerprint density at radius 3 is 0.400 bits per heavy atom. The molecule has 0 heterocycles. The standard InChI is InChI=1S/Al.Mn.Ni.7H2O/h;;;7*1H2/q+3;2*+2;;;;;;;/p-7. The summed E-state index contributed by atoms with van der Waals surface area (Å²) in [6, 6.07) is 0. The van der Waals surface area contributed by atoms with Crippen molar-refractivity contribution in [1.29, 1.82) is 0 Å². The van der Waals surface area contributed by atoms with E-state index in [1.165, 1.54) is 0 Å². The van der Waals surface area contributed by atoms with E-state index >= 15 is 0 Å². The monoisotopic (exact) mass is 259 g/mol. The molecule has 0 amide bonds. The van der Waals surface area contributed by atoms with Gasteiger partial charge in [-0.05, 0) is 0 Å². The Balaban J connectivity index is 0. The first kappa shape index (κ1) is 741. The van der Waals surface area contributed by atoms with Gasteiger partial charge >= 0.3 is 50.9 Å². The Labute approximate surface area is 89.2 Å². The minimum Gasteiger partial charge on any atom is -0.870 e. The van der Waals surface area contributed by atoms with Crippen molar-refractivity contribution >= 4 is 17.4 Å². The molecule has 0 aliphatic rings. The van der Waals surface area contributed by atoms with Gasteiger partial charge in [-0.25, -0.2) is 0 Å². The van der Waals surface area contributed by atoms with Crippen molar-refractivity contribution in [3.05, 3.63) is 0 Å². The van der Waals surface area contributed by atoms with E-state index in [9.17, 15) is 0 Å². The molecular formula is H7AlMnNiO7. The quantitative estimate of drug-likeness (QED) is 0.463. The molecule has 0 aliphatic heterocycles. The second-order valence-electron chi connectivity index (χ2n) is 0. The summed E-state index contributed by atoms with van der Waals surface area (Å²) in [7, 11) is 0. The van der Waals surface area contributed by atoms with Gasteiger partial charge in [-0.15, -0.1) is 0 Å². The van der Waals surface area contributed by atoms with E-state index in [1.807, 2.05) is 0 Å². The molecule has 0 spiro atoms. The summed E-state index contributed by atoms with van der Waals surface area (Å²) in [5.74, 6) is 0. The third-order valence-corrected chi connectivity index (χ3v) is 0. The molecule has 0 aromatic carbocycles. The third-order valence-electron chi connectivity index (χ3n) is 0. The molecule has 0 atom stereocenters. The van der Waals surface area contributed by atoms with E-state index in [4.69, 9.17) is 0 Å². The van der Waals surface area contributed by atoms with Crippen LogP contribution in [0.5, 0.6) is 0 Å². The molecule has 10 heteroatoms. The summed E-state index contributed by atoms with van der Waals surface area (Å²) in [5.41, 5.74) is 0. The molecule has 7 N–H and O–H groups in total. The van der Waals surface area contributed by atoms with Gasteiger partial charge in [-0.2, -0.15) is 0 Å². The van der Waals surface area contributed by atoms with E-state index in [0.717, 1.165) is 0 Å². The van der Waals surface area contributed by atoms with Crippen molar-refractivity contribution in [3.63, 3.8) is 0 Å². The molecule has 10 heavy (non-hydrogen) atoms. The van der Waals surface area contributed by atoms with Gasteiger partial charge < -0.3 is 38.3 Å². The van der Waals surface area contributed by atoms with Gasteiger partial charge in [-0.1, -0.05) is 0 Å². The summed E-state index contributed by atoms with van der Waals surface area (Å²) < 4.78 is 0. The number of hydrogen-bond acceptors (Lipinski definition) is 7. The van der Waals surface area contributed by atoms with Crippen LogP contribution in [0.3, 0.4) is 0 Å². The average molecular weight is 260 g/mol. The Bertz CT molecular complexity index is 13.6. The van der Waals surface area contributed by atoms with Crippen LogP contribution in [0.15, 0.2) is 0 Å². The SMILES string of the molecule is [Al+3].[Mn+2].[Ni+2].[OH-].[OH-].[OH-].[OH-].[OH-].[OH-].[OH-]. The summed E-state index contributed by atoms with van der Waals surface area (Å²) in [6.07, 6.45) is 0. The maximum absolute atomic E-state index is 0. The maximum Gasteiger partial charge on any atom is 3.00 e. The van der Waals surface area contributed by atoms with Crippen LogP contribution in [0.4, 0.5) is 0 Å². The van der Waals surface area contributed by atoms with Crippen molar-refractivity contribution < 1.29 is 71.9 Å². The Kier molecular flexibility index (Phi) is 40800. The molecule has 7 nitrogen and oxygen atoms in total. The van der Waals surface area contributed by atoms with Crippen molar-refractivity contribution in [2.45, 2.75) is 0 Å². The van der Waals surface area contributed by atoms with Gasteiger partial charge in [-0.3, -0.25) is 0 Å². The second-order valence-corrected chi connectivity index (χ2v) is 0. The van der Waals surface area contributed by atoms with Gasteiger partial charge in [0.25, 0.3) is 0 Å². The van der Waals surface area contributed by atoms with Crippen molar-refractivity contribution in [2.24, 2.45) is 0 Å². The molecule has 1 radical (unpaired) electrons. The minimum absolute atomic E-state index is 0. The molecule has 69 valence electrons. The van der Waals surface area contributed by atoms with Crippen LogP contribution in [0.25, 0.3) is 0 Å². The first-order chi connectivity index (χ1) is 0. The van der Waals surface area contributed by atoms with Gasteiger partial charge in [0.1, 0.15) is 0 Å². The Morgan fingerprint density at radius 1 is 0.400 bits per heavy atom. The summed E-state index contributed by atoms with van der Waals surface area (Å²) >= 11 is 0. The zero-order valence-corrected chi connectivity index (χ0v) is 7.72. The van der Waals surface area contributed by atoms with E-state index < -0.39 is 0 Å². The smallest absolute Gasteiger partial charge is 0.870 e. The van der Waals surface area contributed by atoms with Crippen molar-refractivity contribution in [3.8, 4) is 0 Å². The van der Waals surface area contributed by atoms with Crippen molar-refractivity contribution in [1.82, 2.24) is 0 Å². The predicted octanol–water partition coefficient (Wildman–Crippen LogP) is -1.62. The first-order valence-corrected chi connectivity index (χ1v) is 0. The van der Waals surface area contributed by atoms with Gasteiger partial charge in [0, 0.05) is 0 Å². The van der Waals surface area contributed by atoms with E-state index in [-0.39, 0.29) is 89.3 Å². The fraction of sp³-hybridized carbons (Fsp3) is 0. The third kappa shape index (κ3) is 395. The van der Waals surface area contributed by atoms with Crippen LogP contribution in [0.1, 0.15) is 0 Å². The van der Waals surface area contributed by atoms with E-state index in [0.29, 0.717) is 0 Å². The molecule has 0 bridgehead atoms. The first-order valence-electron chi connectivity index (χ1n) is 0. The largest absolute Gasteiger partial charge is 3.00 e. The molecule has 0 rings (SSSR count). The topological polar surface area (TPSA) is 210 Å². The Morgan fingerprint density at radius 2 is 0.400 bits per heavy atom. The summed E-state index contributed by atoms with van der Waals surface area (Å²) in [6.45, 7) is 0. The zero-order chi connectivity index (χ0) is 0. The molecule has 0 fully saturated rings. The van der Waals surface area contributed by atoms with Crippen LogP contribution in [0.2, 0.25) is 0 Å². The molecular weight excluding hydrogens is 253 g/mol.